The molecule has 1 aromatic carbocycles. The topological polar surface area (TPSA) is 17.1 Å². The minimum atomic E-state index is -0.276. The largest absolute Gasteiger partial charge is 0.281 e. The molecule has 4 heteroatoms. The summed E-state index contributed by atoms with van der Waals surface area (Å²) in [5.41, 5.74) is 0.902. The van der Waals surface area contributed by atoms with Gasteiger partial charge in [-0.2, -0.15) is 0 Å². The summed E-state index contributed by atoms with van der Waals surface area (Å²) in [7, 11) is 0. The predicted molar refractivity (Wildman–Crippen MR) is 67.7 cm³/mol. The highest BCUT2D eigenvalue weighted by Gasteiger charge is 2.40. The standard InChI is InChI=1S/C12H9Cl3O/c13-9-3-1-7(2-4-9)11(14)6-8-5-10(8)12(15)16/h1-4,6,8,10H,5H2/b11-6+/t8-,10+/m1/s1. The summed E-state index contributed by atoms with van der Waals surface area (Å²) >= 11 is 17.3. The van der Waals surface area contributed by atoms with E-state index in [1.165, 1.54) is 0 Å². The zero-order valence-corrected chi connectivity index (χ0v) is 10.6. The van der Waals surface area contributed by atoms with Gasteiger partial charge in [-0.1, -0.05) is 41.4 Å². The lowest BCUT2D eigenvalue weighted by Crippen LogP contribution is -1.90. The Labute approximate surface area is 109 Å². The molecule has 0 amide bonds. The molecule has 16 heavy (non-hydrogen) atoms. The molecule has 0 spiro atoms. The van der Waals surface area contributed by atoms with Crippen molar-refractivity contribution in [1.82, 2.24) is 0 Å². The molecule has 1 fully saturated rings. The third-order valence-electron chi connectivity index (χ3n) is 2.61. The van der Waals surface area contributed by atoms with Crippen LogP contribution in [-0.4, -0.2) is 5.24 Å². The van der Waals surface area contributed by atoms with E-state index in [1.807, 2.05) is 18.2 Å². The molecule has 0 N–H and O–H groups in total. The van der Waals surface area contributed by atoms with Gasteiger partial charge in [-0.25, -0.2) is 0 Å². The third-order valence-corrected chi connectivity index (χ3v) is 3.49. The summed E-state index contributed by atoms with van der Waals surface area (Å²) in [6.45, 7) is 0. The zero-order chi connectivity index (χ0) is 11.7. The molecule has 0 aliphatic heterocycles. The summed E-state index contributed by atoms with van der Waals surface area (Å²) in [6, 6.07) is 7.26. The monoisotopic (exact) mass is 274 g/mol. The Hall–Kier alpha value is -0.500. The molecule has 2 rings (SSSR count). The van der Waals surface area contributed by atoms with Crippen molar-refractivity contribution in [3.63, 3.8) is 0 Å². The summed E-state index contributed by atoms with van der Waals surface area (Å²) in [5.74, 6) is 0.135. The highest BCUT2D eigenvalue weighted by Crippen LogP contribution is 2.43. The fraction of sp³-hybridized carbons (Fsp3) is 0.250. The first-order chi connectivity index (χ1) is 7.58. The second kappa shape index (κ2) is 4.79. The van der Waals surface area contributed by atoms with E-state index in [-0.39, 0.29) is 17.1 Å². The molecule has 1 aliphatic rings. The van der Waals surface area contributed by atoms with Crippen molar-refractivity contribution in [2.75, 3.05) is 0 Å². The fourth-order valence-electron chi connectivity index (χ4n) is 1.55. The number of halogens is 3. The van der Waals surface area contributed by atoms with Crippen LogP contribution in [0.5, 0.6) is 0 Å². The lowest BCUT2D eigenvalue weighted by atomic mass is 10.2. The van der Waals surface area contributed by atoms with Gasteiger partial charge in [0.05, 0.1) is 0 Å². The van der Waals surface area contributed by atoms with E-state index in [1.54, 1.807) is 12.1 Å². The highest BCUT2D eigenvalue weighted by molar-refractivity contribution is 6.64. The van der Waals surface area contributed by atoms with Crippen LogP contribution >= 0.6 is 34.8 Å². The first-order valence-electron chi connectivity index (χ1n) is 4.90. The van der Waals surface area contributed by atoms with Gasteiger partial charge in [0.2, 0.25) is 5.24 Å². The number of allylic oxidation sites excluding steroid dienone is 1. The molecule has 0 aromatic heterocycles. The Bertz CT molecular complexity index is 436. The number of carbonyl (C=O) groups excluding carboxylic acids is 1. The molecule has 0 radical (unpaired) electrons. The number of benzene rings is 1. The van der Waals surface area contributed by atoms with Crippen LogP contribution < -0.4 is 0 Å². The zero-order valence-electron chi connectivity index (χ0n) is 8.29. The first-order valence-corrected chi connectivity index (χ1v) is 6.04. The van der Waals surface area contributed by atoms with Gasteiger partial charge in [0, 0.05) is 16.0 Å². The lowest BCUT2D eigenvalue weighted by molar-refractivity contribution is -0.112. The van der Waals surface area contributed by atoms with Crippen molar-refractivity contribution in [1.29, 1.82) is 0 Å². The van der Waals surface area contributed by atoms with Gasteiger partial charge in [0.1, 0.15) is 0 Å². The summed E-state index contributed by atoms with van der Waals surface area (Å²) < 4.78 is 0. The summed E-state index contributed by atoms with van der Waals surface area (Å²) in [5, 5.41) is 1.04. The van der Waals surface area contributed by atoms with E-state index >= 15 is 0 Å². The minimum absolute atomic E-state index is 0.0530. The number of hydrogen-bond donors (Lipinski definition) is 0. The second-order valence-corrected chi connectivity index (χ2v) is 5.05. The van der Waals surface area contributed by atoms with Crippen LogP contribution in [0.3, 0.4) is 0 Å². The number of rotatable bonds is 3. The van der Waals surface area contributed by atoms with Crippen LogP contribution in [0.1, 0.15) is 12.0 Å². The van der Waals surface area contributed by atoms with Gasteiger partial charge < -0.3 is 0 Å². The third kappa shape index (κ3) is 2.79. The summed E-state index contributed by atoms with van der Waals surface area (Å²) in [6.07, 6.45) is 2.68. The maximum absolute atomic E-state index is 10.9. The van der Waals surface area contributed by atoms with E-state index in [9.17, 15) is 4.79 Å². The Morgan fingerprint density at radius 2 is 1.88 bits per heavy atom. The molecule has 0 unspecified atom stereocenters. The molecule has 2 atom stereocenters. The molecule has 0 saturated heterocycles. The van der Waals surface area contributed by atoms with Crippen LogP contribution in [0.15, 0.2) is 30.3 Å². The van der Waals surface area contributed by atoms with E-state index < -0.39 is 0 Å². The fourth-order valence-corrected chi connectivity index (χ4v) is 2.22. The predicted octanol–water partition coefficient (Wildman–Crippen LogP) is 4.32. The molecule has 1 aliphatic carbocycles. The van der Waals surface area contributed by atoms with Gasteiger partial charge in [-0.05, 0) is 41.6 Å². The maximum atomic E-state index is 10.9. The Kier molecular flexibility index (Phi) is 3.58. The van der Waals surface area contributed by atoms with Gasteiger partial charge in [-0.3, -0.25) is 4.79 Å². The molecule has 1 nitrogen and oxygen atoms in total. The van der Waals surface area contributed by atoms with E-state index in [4.69, 9.17) is 34.8 Å². The van der Waals surface area contributed by atoms with Crippen molar-refractivity contribution in [3.8, 4) is 0 Å². The highest BCUT2D eigenvalue weighted by atomic mass is 35.5. The van der Waals surface area contributed by atoms with Crippen molar-refractivity contribution in [3.05, 3.63) is 40.9 Å². The molecule has 1 saturated carbocycles. The lowest BCUT2D eigenvalue weighted by Gasteiger charge is -1.99. The Balaban J connectivity index is 2.08. The van der Waals surface area contributed by atoms with Crippen molar-refractivity contribution in [2.45, 2.75) is 6.42 Å². The molecule has 0 bridgehead atoms. The van der Waals surface area contributed by atoms with Gasteiger partial charge in [-0.15, -0.1) is 0 Å². The number of hydrogen-bond acceptors (Lipinski definition) is 1. The van der Waals surface area contributed by atoms with Crippen molar-refractivity contribution in [2.24, 2.45) is 11.8 Å². The quantitative estimate of drug-likeness (QED) is 0.751. The van der Waals surface area contributed by atoms with E-state index in [0.717, 1.165) is 12.0 Å². The van der Waals surface area contributed by atoms with E-state index in [0.29, 0.717) is 10.1 Å². The minimum Gasteiger partial charge on any atom is -0.281 e. The Morgan fingerprint density at radius 1 is 1.25 bits per heavy atom. The molecule has 0 heterocycles. The Morgan fingerprint density at radius 3 is 2.38 bits per heavy atom. The SMILES string of the molecule is O=C(Cl)[C@H]1C[C@@H]1/C=C(/Cl)c1ccc(Cl)cc1. The second-order valence-electron chi connectivity index (χ2n) is 3.83. The smallest absolute Gasteiger partial charge is 0.225 e. The van der Waals surface area contributed by atoms with E-state index in [2.05, 4.69) is 0 Å². The van der Waals surface area contributed by atoms with Crippen LogP contribution in [0.4, 0.5) is 0 Å². The van der Waals surface area contributed by atoms with Crippen molar-refractivity contribution < 1.29 is 4.79 Å². The van der Waals surface area contributed by atoms with Crippen LogP contribution in [0, 0.1) is 11.8 Å². The molecular formula is C12H9Cl3O. The van der Waals surface area contributed by atoms with Gasteiger partial charge >= 0.3 is 0 Å². The first kappa shape index (κ1) is 12.0. The summed E-state index contributed by atoms with van der Waals surface area (Å²) in [4.78, 5) is 10.9. The normalized spacial score (nSPS) is 24.3. The van der Waals surface area contributed by atoms with Crippen LogP contribution in [0.25, 0.3) is 5.03 Å². The van der Waals surface area contributed by atoms with Crippen molar-refractivity contribution >= 4 is 45.1 Å². The van der Waals surface area contributed by atoms with Crippen LogP contribution in [-0.2, 0) is 4.79 Å². The van der Waals surface area contributed by atoms with Gasteiger partial charge in [0.25, 0.3) is 0 Å². The molecule has 84 valence electrons. The van der Waals surface area contributed by atoms with Gasteiger partial charge in [0.15, 0.2) is 0 Å². The maximum Gasteiger partial charge on any atom is 0.225 e. The number of carbonyl (C=O) groups is 1. The molecular weight excluding hydrogens is 266 g/mol. The average Bonchev–Trinajstić information content (AvgIpc) is 2.98. The molecule has 1 aromatic rings. The average molecular weight is 276 g/mol. The van der Waals surface area contributed by atoms with Crippen LogP contribution in [0.2, 0.25) is 5.02 Å².